The molecule has 0 saturated heterocycles. The molecule has 0 aliphatic heterocycles. The molecule has 0 atom stereocenters. The molecule has 0 aromatic heterocycles. The van der Waals surface area contributed by atoms with Crippen LogP contribution in [0.5, 0.6) is 5.75 Å². The summed E-state index contributed by atoms with van der Waals surface area (Å²) in [5, 5.41) is 0.276. The molecule has 0 bridgehead atoms. The third-order valence-corrected chi connectivity index (χ3v) is 5.12. The van der Waals surface area contributed by atoms with Gasteiger partial charge in [0.1, 0.15) is 5.75 Å². The maximum Gasteiger partial charge on any atom is 0.337 e. The lowest BCUT2D eigenvalue weighted by molar-refractivity contribution is 0.0600. The first-order valence-electron chi connectivity index (χ1n) is 6.84. The van der Waals surface area contributed by atoms with E-state index in [4.69, 9.17) is 16.3 Å². The van der Waals surface area contributed by atoms with Gasteiger partial charge in [0.2, 0.25) is 0 Å². The minimum Gasteiger partial charge on any atom is -0.495 e. The molecular formula is C16H16ClNO5S. The van der Waals surface area contributed by atoms with Gasteiger partial charge < -0.3 is 9.47 Å². The molecule has 0 unspecified atom stereocenters. The Morgan fingerprint density at radius 2 is 1.83 bits per heavy atom. The van der Waals surface area contributed by atoms with Gasteiger partial charge in [0.05, 0.1) is 35.4 Å². The third-order valence-electron chi connectivity index (χ3n) is 3.30. The Morgan fingerprint density at radius 1 is 1.12 bits per heavy atom. The highest BCUT2D eigenvalue weighted by atomic mass is 35.5. The van der Waals surface area contributed by atoms with Crippen LogP contribution in [0.3, 0.4) is 0 Å². The predicted octanol–water partition coefficient (Wildman–Crippen LogP) is 3.24. The van der Waals surface area contributed by atoms with Gasteiger partial charge in [-0.3, -0.25) is 4.72 Å². The summed E-state index contributed by atoms with van der Waals surface area (Å²) in [5.74, 6) is -0.178. The zero-order chi connectivity index (χ0) is 17.9. The maximum atomic E-state index is 12.6. The number of halogens is 1. The van der Waals surface area contributed by atoms with Gasteiger partial charge in [0.15, 0.2) is 0 Å². The Hall–Kier alpha value is -2.25. The highest BCUT2D eigenvalue weighted by Gasteiger charge is 2.20. The molecule has 0 aliphatic rings. The Kier molecular flexibility index (Phi) is 5.36. The minimum atomic E-state index is -3.90. The Morgan fingerprint density at radius 3 is 2.42 bits per heavy atom. The molecule has 2 aromatic carbocycles. The number of esters is 1. The summed E-state index contributed by atoms with van der Waals surface area (Å²) in [5.41, 5.74) is 0.926. The maximum absolute atomic E-state index is 12.6. The van der Waals surface area contributed by atoms with Gasteiger partial charge in [0.25, 0.3) is 10.0 Å². The van der Waals surface area contributed by atoms with Crippen LogP contribution < -0.4 is 9.46 Å². The van der Waals surface area contributed by atoms with Gasteiger partial charge in [-0.25, -0.2) is 13.2 Å². The van der Waals surface area contributed by atoms with Crippen LogP contribution in [0.25, 0.3) is 0 Å². The second-order valence-corrected chi connectivity index (χ2v) is 6.98. The molecule has 6 nitrogen and oxygen atoms in total. The van der Waals surface area contributed by atoms with Crippen LogP contribution in [0.1, 0.15) is 15.9 Å². The standard InChI is InChI=1S/C16H16ClNO5S/c1-10-4-5-11(16(19)23-3)8-15(10)24(20,21)18-12-6-7-14(22-2)13(17)9-12/h4-9,18H,1-3H3. The van der Waals surface area contributed by atoms with Crippen molar-refractivity contribution in [2.75, 3.05) is 18.9 Å². The lowest BCUT2D eigenvalue weighted by atomic mass is 10.1. The summed E-state index contributed by atoms with van der Waals surface area (Å²) in [6.45, 7) is 1.64. The number of hydrogen-bond donors (Lipinski definition) is 1. The smallest absolute Gasteiger partial charge is 0.337 e. The van der Waals surface area contributed by atoms with Crippen LogP contribution in [-0.2, 0) is 14.8 Å². The summed E-state index contributed by atoms with van der Waals surface area (Å²) < 4.78 is 37.3. The lowest BCUT2D eigenvalue weighted by Gasteiger charge is -2.12. The van der Waals surface area contributed by atoms with Crippen LogP contribution in [0, 0.1) is 6.92 Å². The number of benzene rings is 2. The van der Waals surface area contributed by atoms with Crippen LogP contribution in [-0.4, -0.2) is 28.6 Å². The second-order valence-electron chi connectivity index (χ2n) is 4.93. The van der Waals surface area contributed by atoms with E-state index in [1.165, 1.54) is 38.5 Å². The molecule has 0 saturated carbocycles. The zero-order valence-electron chi connectivity index (χ0n) is 13.3. The van der Waals surface area contributed by atoms with Crippen molar-refractivity contribution < 1.29 is 22.7 Å². The van der Waals surface area contributed by atoms with Crippen molar-refractivity contribution in [2.45, 2.75) is 11.8 Å². The SMILES string of the molecule is COC(=O)c1ccc(C)c(S(=O)(=O)Nc2ccc(OC)c(Cl)c2)c1. The normalized spacial score (nSPS) is 11.0. The van der Waals surface area contributed by atoms with Crippen molar-refractivity contribution >= 4 is 33.3 Å². The number of carbonyl (C=O) groups excluding carboxylic acids is 1. The molecule has 1 N–H and O–H groups in total. The number of ether oxygens (including phenoxy) is 2. The molecule has 24 heavy (non-hydrogen) atoms. The fourth-order valence-corrected chi connectivity index (χ4v) is 3.65. The Bertz CT molecular complexity index is 880. The highest BCUT2D eigenvalue weighted by Crippen LogP contribution is 2.29. The van der Waals surface area contributed by atoms with E-state index in [2.05, 4.69) is 9.46 Å². The highest BCUT2D eigenvalue weighted by molar-refractivity contribution is 7.92. The first-order chi connectivity index (χ1) is 11.3. The van der Waals surface area contributed by atoms with Gasteiger partial charge in [-0.2, -0.15) is 0 Å². The molecule has 0 amide bonds. The van der Waals surface area contributed by atoms with Crippen LogP contribution in [0.4, 0.5) is 5.69 Å². The van der Waals surface area contributed by atoms with Crippen molar-refractivity contribution in [3.63, 3.8) is 0 Å². The number of methoxy groups -OCH3 is 2. The van der Waals surface area contributed by atoms with E-state index in [0.717, 1.165) is 0 Å². The summed E-state index contributed by atoms with van der Waals surface area (Å²) in [4.78, 5) is 11.6. The van der Waals surface area contributed by atoms with Crippen LogP contribution >= 0.6 is 11.6 Å². The van der Waals surface area contributed by atoms with Gasteiger partial charge in [-0.15, -0.1) is 0 Å². The van der Waals surface area contributed by atoms with E-state index < -0.39 is 16.0 Å². The van der Waals surface area contributed by atoms with Crippen molar-refractivity contribution in [1.29, 1.82) is 0 Å². The van der Waals surface area contributed by atoms with Gasteiger partial charge in [-0.05, 0) is 42.8 Å². The molecule has 0 aliphatic carbocycles. The largest absolute Gasteiger partial charge is 0.495 e. The summed E-state index contributed by atoms with van der Waals surface area (Å²) in [7, 11) is -1.21. The summed E-state index contributed by atoms with van der Waals surface area (Å²) in [6, 6.07) is 8.85. The summed E-state index contributed by atoms with van der Waals surface area (Å²) >= 11 is 6.00. The number of rotatable bonds is 5. The van der Waals surface area contributed by atoms with Crippen molar-refractivity contribution in [1.82, 2.24) is 0 Å². The summed E-state index contributed by atoms with van der Waals surface area (Å²) in [6.07, 6.45) is 0. The fourth-order valence-electron chi connectivity index (χ4n) is 2.07. The van der Waals surface area contributed by atoms with Gasteiger partial charge in [-0.1, -0.05) is 17.7 Å². The second kappa shape index (κ2) is 7.11. The topological polar surface area (TPSA) is 81.7 Å². The van der Waals surface area contributed by atoms with Crippen molar-refractivity contribution in [3.05, 3.63) is 52.5 Å². The first kappa shape index (κ1) is 18.1. The van der Waals surface area contributed by atoms with E-state index >= 15 is 0 Å². The molecule has 0 spiro atoms. The lowest BCUT2D eigenvalue weighted by Crippen LogP contribution is -2.15. The zero-order valence-corrected chi connectivity index (χ0v) is 14.9. The van der Waals surface area contributed by atoms with E-state index in [1.807, 2.05) is 0 Å². The quantitative estimate of drug-likeness (QED) is 0.818. The van der Waals surface area contributed by atoms with E-state index in [1.54, 1.807) is 19.1 Å². The van der Waals surface area contributed by atoms with Crippen molar-refractivity contribution in [2.24, 2.45) is 0 Å². The molecule has 0 heterocycles. The van der Waals surface area contributed by atoms with Crippen molar-refractivity contribution in [3.8, 4) is 5.75 Å². The minimum absolute atomic E-state index is 0.0164. The number of sulfonamides is 1. The molecule has 128 valence electrons. The Labute approximate surface area is 145 Å². The monoisotopic (exact) mass is 369 g/mol. The average molecular weight is 370 g/mol. The number of nitrogens with one attached hydrogen (secondary N) is 1. The molecule has 0 fully saturated rings. The number of anilines is 1. The van der Waals surface area contributed by atoms with Crippen LogP contribution in [0.2, 0.25) is 5.02 Å². The number of carbonyl (C=O) groups is 1. The fraction of sp³-hybridized carbons (Fsp3) is 0.188. The molecular weight excluding hydrogens is 354 g/mol. The molecule has 0 radical (unpaired) electrons. The van der Waals surface area contributed by atoms with Gasteiger partial charge >= 0.3 is 5.97 Å². The van der Waals surface area contributed by atoms with Gasteiger partial charge in [0, 0.05) is 0 Å². The van der Waals surface area contributed by atoms with E-state index in [0.29, 0.717) is 11.3 Å². The van der Waals surface area contributed by atoms with Crippen LogP contribution in [0.15, 0.2) is 41.3 Å². The van der Waals surface area contributed by atoms with E-state index in [9.17, 15) is 13.2 Å². The molecule has 8 heteroatoms. The first-order valence-corrected chi connectivity index (χ1v) is 8.70. The Balaban J connectivity index is 2.40. The number of aryl methyl sites for hydroxylation is 1. The molecule has 2 rings (SSSR count). The third kappa shape index (κ3) is 3.80. The van der Waals surface area contributed by atoms with E-state index in [-0.39, 0.29) is 21.2 Å². The average Bonchev–Trinajstić information content (AvgIpc) is 2.54. The molecule has 2 aromatic rings. The number of hydrogen-bond acceptors (Lipinski definition) is 5. The predicted molar refractivity (Wildman–Crippen MR) is 91.3 cm³/mol.